The fraction of sp³-hybridized carbons (Fsp3) is 0.222. The molecule has 0 unspecified atom stereocenters. The van der Waals surface area contributed by atoms with E-state index < -0.39 is 21.4 Å². The number of hydrogen-bond donors (Lipinski definition) is 0. The molecule has 0 radical (unpaired) electrons. The molecule has 2 heterocycles. The lowest BCUT2D eigenvalue weighted by Crippen LogP contribution is -2.22. The van der Waals surface area contributed by atoms with Gasteiger partial charge in [-0.15, -0.1) is 0 Å². The lowest BCUT2D eigenvalue weighted by molar-refractivity contribution is -0.143. The smallest absolute Gasteiger partial charge is 0.346 e. The molecular weight excluding hydrogens is 394 g/mol. The second-order valence-electron chi connectivity index (χ2n) is 6.32. The Morgan fingerprint density at radius 2 is 1.77 bits per heavy atom. The van der Waals surface area contributed by atoms with Crippen molar-refractivity contribution in [2.45, 2.75) is 29.4 Å². The van der Waals surface area contributed by atoms with Gasteiger partial charge in [0.05, 0.1) is 9.92 Å². The first-order valence-electron chi connectivity index (χ1n) is 7.66. The van der Waals surface area contributed by atoms with Gasteiger partial charge in [0, 0.05) is 18.0 Å². The maximum Gasteiger partial charge on any atom is 0.346 e. The van der Waals surface area contributed by atoms with E-state index in [1.165, 1.54) is 30.1 Å². The summed E-state index contributed by atoms with van der Waals surface area (Å²) in [6.45, 7) is 3.60. The molecule has 0 amide bonds. The molecule has 1 aliphatic heterocycles. The number of rotatable bonds is 4. The van der Waals surface area contributed by atoms with Gasteiger partial charge in [-0.05, 0) is 43.7 Å². The summed E-state index contributed by atoms with van der Waals surface area (Å²) in [4.78, 5) is 17.3. The van der Waals surface area contributed by atoms with Crippen molar-refractivity contribution in [3.05, 3.63) is 58.1 Å². The highest BCUT2D eigenvalue weighted by atomic mass is 35.5. The highest BCUT2D eigenvalue weighted by Gasteiger charge is 2.41. The quantitative estimate of drug-likeness (QED) is 0.711. The molecule has 5 nitrogen and oxygen atoms in total. The average molecular weight is 410 g/mol. The van der Waals surface area contributed by atoms with Crippen LogP contribution in [0.4, 0.5) is 0 Å². The summed E-state index contributed by atoms with van der Waals surface area (Å²) in [5, 5.41) is 1.12. The number of hydrogen-bond acceptors (Lipinski definition) is 6. The van der Waals surface area contributed by atoms with E-state index in [4.69, 9.17) is 16.3 Å². The number of esters is 1. The normalized spacial score (nSPS) is 16.7. The first kappa shape index (κ1) is 18.9. The molecule has 0 fully saturated rings. The molecule has 0 atom stereocenters. The fourth-order valence-corrected chi connectivity index (χ4v) is 4.46. The average Bonchev–Trinajstić information content (AvgIpc) is 2.77. The zero-order valence-corrected chi connectivity index (χ0v) is 16.7. The number of sulfone groups is 1. The number of ether oxygens (including phenoxy) is 1. The van der Waals surface area contributed by atoms with Gasteiger partial charge in [-0.25, -0.2) is 18.2 Å². The molecule has 136 valence electrons. The summed E-state index contributed by atoms with van der Waals surface area (Å²) in [5.74, 6) is -0.432. The third-order valence-electron chi connectivity index (χ3n) is 3.84. The highest BCUT2D eigenvalue weighted by molar-refractivity contribution is 8.04. The molecule has 1 aliphatic rings. The van der Waals surface area contributed by atoms with Gasteiger partial charge in [0.2, 0.25) is 0 Å². The van der Waals surface area contributed by atoms with Crippen LogP contribution in [-0.4, -0.2) is 31.2 Å². The van der Waals surface area contributed by atoms with E-state index in [1.54, 1.807) is 38.1 Å². The predicted molar refractivity (Wildman–Crippen MR) is 102 cm³/mol. The van der Waals surface area contributed by atoms with Crippen molar-refractivity contribution in [1.82, 2.24) is 4.98 Å². The first-order valence-corrected chi connectivity index (χ1v) is 10.7. The van der Waals surface area contributed by atoms with Gasteiger partial charge >= 0.3 is 5.97 Å². The van der Waals surface area contributed by atoms with Gasteiger partial charge in [0.25, 0.3) is 0 Å². The topological polar surface area (TPSA) is 73.3 Å². The van der Waals surface area contributed by atoms with Crippen molar-refractivity contribution in [3.63, 3.8) is 0 Å². The molecule has 0 saturated carbocycles. The minimum absolute atomic E-state index is 0.221. The van der Waals surface area contributed by atoms with Gasteiger partial charge in [-0.3, -0.25) is 0 Å². The number of pyridine rings is 1. The Morgan fingerprint density at radius 1 is 1.12 bits per heavy atom. The zero-order valence-electron chi connectivity index (χ0n) is 14.3. The monoisotopic (exact) mass is 409 g/mol. The Kier molecular flexibility index (Phi) is 4.90. The Labute approximate surface area is 161 Å². The standard InChI is InChI=1S/C18H16ClNO4S2/c1-18(2)15(11-4-7-13(8-5-11)26(3,22)23)16(17(21)24-18)25-14-9-6-12(19)10-20-14/h4-10H,1-3H3. The van der Waals surface area contributed by atoms with Crippen LogP contribution in [0.15, 0.2) is 57.4 Å². The van der Waals surface area contributed by atoms with Crippen molar-refractivity contribution >= 4 is 44.7 Å². The lowest BCUT2D eigenvalue weighted by Gasteiger charge is -2.21. The Morgan fingerprint density at radius 3 is 2.31 bits per heavy atom. The Hall–Kier alpha value is -1.83. The molecule has 8 heteroatoms. The van der Waals surface area contributed by atoms with Crippen molar-refractivity contribution in [2.24, 2.45) is 0 Å². The minimum Gasteiger partial charge on any atom is -0.451 e. The number of benzene rings is 1. The predicted octanol–water partition coefficient (Wildman–Crippen LogP) is 3.98. The van der Waals surface area contributed by atoms with Crippen LogP contribution in [0.2, 0.25) is 5.02 Å². The van der Waals surface area contributed by atoms with Crippen LogP contribution in [0.25, 0.3) is 5.57 Å². The van der Waals surface area contributed by atoms with Crippen molar-refractivity contribution < 1.29 is 17.9 Å². The minimum atomic E-state index is -3.29. The molecule has 0 N–H and O–H groups in total. The van der Waals surface area contributed by atoms with Crippen LogP contribution < -0.4 is 0 Å². The summed E-state index contributed by atoms with van der Waals surface area (Å²) < 4.78 is 28.8. The molecule has 3 rings (SSSR count). The second-order valence-corrected chi connectivity index (χ2v) is 9.80. The number of nitrogens with zero attached hydrogens (tertiary/aromatic N) is 1. The van der Waals surface area contributed by atoms with Gasteiger partial charge in [0.1, 0.15) is 15.5 Å². The molecular formula is C18H16ClNO4S2. The van der Waals surface area contributed by atoms with Gasteiger partial charge in [0.15, 0.2) is 9.84 Å². The summed E-state index contributed by atoms with van der Waals surface area (Å²) in [7, 11) is -3.29. The molecule has 26 heavy (non-hydrogen) atoms. The molecule has 0 spiro atoms. The van der Waals surface area contributed by atoms with E-state index in [2.05, 4.69) is 4.98 Å². The molecule has 0 aliphatic carbocycles. The van der Waals surface area contributed by atoms with E-state index >= 15 is 0 Å². The largest absolute Gasteiger partial charge is 0.451 e. The van der Waals surface area contributed by atoms with Gasteiger partial charge < -0.3 is 4.74 Å². The lowest BCUT2D eigenvalue weighted by atomic mass is 9.92. The molecule has 0 bridgehead atoms. The van der Waals surface area contributed by atoms with Gasteiger partial charge in [-0.2, -0.15) is 0 Å². The summed E-state index contributed by atoms with van der Waals surface area (Å²) in [5.41, 5.74) is 0.590. The van der Waals surface area contributed by atoms with E-state index in [0.29, 0.717) is 20.5 Å². The maximum atomic E-state index is 12.4. The summed E-state index contributed by atoms with van der Waals surface area (Å²) in [6, 6.07) is 9.85. The third kappa shape index (κ3) is 3.79. The van der Waals surface area contributed by atoms with E-state index in [0.717, 1.165) is 11.8 Å². The number of cyclic esters (lactones) is 1. The summed E-state index contributed by atoms with van der Waals surface area (Å²) in [6.07, 6.45) is 2.66. The molecule has 1 aromatic carbocycles. The Bertz CT molecular complexity index is 994. The van der Waals surface area contributed by atoms with Gasteiger partial charge in [-0.1, -0.05) is 35.5 Å². The van der Waals surface area contributed by atoms with Crippen molar-refractivity contribution in [1.29, 1.82) is 0 Å². The van der Waals surface area contributed by atoms with Crippen molar-refractivity contribution in [2.75, 3.05) is 6.26 Å². The van der Waals surface area contributed by atoms with Crippen LogP contribution in [-0.2, 0) is 19.4 Å². The van der Waals surface area contributed by atoms with E-state index in [1.807, 2.05) is 0 Å². The number of thioether (sulfide) groups is 1. The molecule has 2 aromatic rings. The zero-order chi connectivity index (χ0) is 19.1. The van der Waals surface area contributed by atoms with Crippen LogP contribution >= 0.6 is 23.4 Å². The number of halogens is 1. The van der Waals surface area contributed by atoms with Crippen molar-refractivity contribution in [3.8, 4) is 0 Å². The SMILES string of the molecule is CC1(C)OC(=O)C(Sc2ccc(Cl)cn2)=C1c1ccc(S(C)(=O)=O)cc1. The number of carbonyl (C=O) groups excluding carboxylic acids is 1. The number of aromatic nitrogens is 1. The maximum absolute atomic E-state index is 12.4. The fourth-order valence-electron chi connectivity index (χ4n) is 2.67. The molecule has 0 saturated heterocycles. The molecule has 1 aromatic heterocycles. The van der Waals surface area contributed by atoms with Crippen LogP contribution in [0.1, 0.15) is 19.4 Å². The van der Waals surface area contributed by atoms with E-state index in [-0.39, 0.29) is 4.90 Å². The third-order valence-corrected chi connectivity index (χ3v) is 6.22. The van der Waals surface area contributed by atoms with Crippen LogP contribution in [0.5, 0.6) is 0 Å². The van der Waals surface area contributed by atoms with E-state index in [9.17, 15) is 13.2 Å². The first-order chi connectivity index (χ1) is 12.1. The Balaban J connectivity index is 2.07. The van der Waals surface area contributed by atoms with Crippen LogP contribution in [0.3, 0.4) is 0 Å². The summed E-state index contributed by atoms with van der Waals surface area (Å²) >= 11 is 7.05. The second kappa shape index (κ2) is 6.72. The highest BCUT2D eigenvalue weighted by Crippen LogP contribution is 2.45. The van der Waals surface area contributed by atoms with Crippen LogP contribution in [0, 0.1) is 0 Å². The number of carbonyl (C=O) groups is 1.